The summed E-state index contributed by atoms with van der Waals surface area (Å²) in [5, 5.41) is 13.0. The summed E-state index contributed by atoms with van der Waals surface area (Å²) >= 11 is 7.46. The normalized spacial score (nSPS) is 16.7. The van der Waals surface area contributed by atoms with E-state index < -0.39 is 5.92 Å². The van der Waals surface area contributed by atoms with E-state index in [0.29, 0.717) is 27.5 Å². The summed E-state index contributed by atoms with van der Waals surface area (Å²) < 4.78 is 5.33. The van der Waals surface area contributed by atoms with Gasteiger partial charge in [-0.3, -0.25) is 9.59 Å². The van der Waals surface area contributed by atoms with Crippen molar-refractivity contribution in [3.63, 3.8) is 0 Å². The van der Waals surface area contributed by atoms with Gasteiger partial charge in [0.05, 0.1) is 18.7 Å². The number of carbonyl (C=O) groups is 2. The lowest BCUT2D eigenvalue weighted by molar-refractivity contribution is -0.122. The highest BCUT2D eigenvalue weighted by Gasteiger charge is 2.36. The number of nitrogens with zero attached hydrogens (tertiary/aromatic N) is 3. The Morgan fingerprint density at radius 3 is 2.82 bits per heavy atom. The maximum atomic E-state index is 12.7. The van der Waals surface area contributed by atoms with Gasteiger partial charge >= 0.3 is 0 Å². The summed E-state index contributed by atoms with van der Waals surface area (Å²) in [6.07, 6.45) is 2.08. The number of benzene rings is 1. The number of hydrogen-bond acceptors (Lipinski definition) is 6. The molecule has 2 aromatic rings. The van der Waals surface area contributed by atoms with Gasteiger partial charge in [-0.25, -0.2) is 0 Å². The fourth-order valence-corrected chi connectivity index (χ4v) is 4.46. The van der Waals surface area contributed by atoms with Gasteiger partial charge in [0, 0.05) is 23.9 Å². The topological polar surface area (TPSA) is 84.4 Å². The minimum Gasteiger partial charge on any atom is -0.495 e. The molecule has 7 nitrogen and oxygen atoms in total. The van der Waals surface area contributed by atoms with Crippen molar-refractivity contribution in [1.82, 2.24) is 10.2 Å². The van der Waals surface area contributed by atoms with Crippen LogP contribution < -0.4 is 15.0 Å². The smallest absolute Gasteiger partial charge is 0.231 e. The molecule has 1 saturated heterocycles. The third kappa shape index (κ3) is 4.28. The average molecular weight is 423 g/mol. The van der Waals surface area contributed by atoms with Gasteiger partial charge in [0.25, 0.3) is 0 Å². The van der Waals surface area contributed by atoms with Crippen LogP contribution in [0.15, 0.2) is 18.2 Å². The molecular weight excluding hydrogens is 400 g/mol. The first-order valence-electron chi connectivity index (χ1n) is 9.24. The van der Waals surface area contributed by atoms with Crippen LogP contribution in [0.3, 0.4) is 0 Å². The van der Waals surface area contributed by atoms with Crippen molar-refractivity contribution in [2.45, 2.75) is 39.0 Å². The number of halogens is 1. The van der Waals surface area contributed by atoms with Gasteiger partial charge < -0.3 is 15.0 Å². The van der Waals surface area contributed by atoms with Crippen LogP contribution in [-0.2, 0) is 9.59 Å². The number of methoxy groups -OCH3 is 1. The molecule has 0 aliphatic carbocycles. The van der Waals surface area contributed by atoms with E-state index in [0.717, 1.165) is 17.8 Å². The molecule has 2 heterocycles. The molecule has 3 rings (SSSR count). The van der Waals surface area contributed by atoms with Crippen LogP contribution in [0.1, 0.15) is 44.0 Å². The lowest BCUT2D eigenvalue weighted by Gasteiger charge is -2.19. The average Bonchev–Trinajstić information content (AvgIpc) is 3.29. The molecule has 0 spiro atoms. The number of aromatic nitrogens is 2. The first-order chi connectivity index (χ1) is 13.5. The third-order valence-electron chi connectivity index (χ3n) is 4.93. The number of amides is 2. The zero-order chi connectivity index (χ0) is 20.3. The summed E-state index contributed by atoms with van der Waals surface area (Å²) in [5.41, 5.74) is 0.572. The molecule has 0 saturated carbocycles. The molecule has 1 fully saturated rings. The maximum Gasteiger partial charge on any atom is 0.231 e. The van der Waals surface area contributed by atoms with E-state index in [1.807, 2.05) is 0 Å². The summed E-state index contributed by atoms with van der Waals surface area (Å²) in [7, 11) is 1.53. The second-order valence-corrected chi connectivity index (χ2v) is 8.12. The standard InChI is InChI=1S/C19H23ClN4O3S/c1-4-11(5-2)18-22-23-19(28-18)21-17(26)12-8-16(25)24(10-12)14-9-13(20)6-7-15(14)27-3/h6-7,9,11-12H,4-5,8,10H2,1-3H3,(H,21,23,26). The van der Waals surface area contributed by atoms with Crippen LogP contribution in [0.25, 0.3) is 0 Å². The Morgan fingerprint density at radius 1 is 1.39 bits per heavy atom. The molecule has 1 aliphatic rings. The van der Waals surface area contributed by atoms with Crippen molar-refractivity contribution in [3.8, 4) is 5.75 Å². The molecule has 1 unspecified atom stereocenters. The van der Waals surface area contributed by atoms with Crippen LogP contribution in [0.5, 0.6) is 5.75 Å². The summed E-state index contributed by atoms with van der Waals surface area (Å²) in [6.45, 7) is 4.48. The monoisotopic (exact) mass is 422 g/mol. The second-order valence-electron chi connectivity index (χ2n) is 6.67. The molecule has 1 N–H and O–H groups in total. The summed E-state index contributed by atoms with van der Waals surface area (Å²) in [5.74, 6) is 0.0382. The zero-order valence-corrected chi connectivity index (χ0v) is 17.6. The van der Waals surface area contributed by atoms with Crippen molar-refractivity contribution in [3.05, 3.63) is 28.2 Å². The Labute approximate surface area is 173 Å². The lowest BCUT2D eigenvalue weighted by Crippen LogP contribution is -2.28. The molecule has 1 atom stereocenters. The molecule has 2 amide bonds. The zero-order valence-electron chi connectivity index (χ0n) is 16.1. The molecule has 1 aromatic heterocycles. The quantitative estimate of drug-likeness (QED) is 0.726. The fraction of sp³-hybridized carbons (Fsp3) is 0.474. The van der Waals surface area contributed by atoms with Crippen molar-refractivity contribution < 1.29 is 14.3 Å². The minimum atomic E-state index is -0.475. The minimum absolute atomic E-state index is 0.125. The number of ether oxygens (including phenoxy) is 1. The number of nitrogens with one attached hydrogen (secondary N) is 1. The van der Waals surface area contributed by atoms with Gasteiger partial charge in [0.15, 0.2) is 0 Å². The maximum absolute atomic E-state index is 12.7. The predicted molar refractivity (Wildman–Crippen MR) is 110 cm³/mol. The van der Waals surface area contributed by atoms with Crippen molar-refractivity contribution in [2.75, 3.05) is 23.9 Å². The van der Waals surface area contributed by atoms with Crippen LogP contribution in [-0.4, -0.2) is 35.7 Å². The van der Waals surface area contributed by atoms with Crippen molar-refractivity contribution in [1.29, 1.82) is 0 Å². The van der Waals surface area contributed by atoms with Gasteiger partial charge in [-0.15, -0.1) is 10.2 Å². The number of anilines is 2. The molecule has 9 heteroatoms. The van der Waals surface area contributed by atoms with E-state index in [1.54, 1.807) is 23.1 Å². The van der Waals surface area contributed by atoms with E-state index in [-0.39, 0.29) is 24.8 Å². The lowest BCUT2D eigenvalue weighted by atomic mass is 10.1. The van der Waals surface area contributed by atoms with E-state index >= 15 is 0 Å². The van der Waals surface area contributed by atoms with Gasteiger partial charge in [0.2, 0.25) is 16.9 Å². The van der Waals surface area contributed by atoms with Crippen molar-refractivity contribution in [2.24, 2.45) is 5.92 Å². The Bertz CT molecular complexity index is 869. The first-order valence-corrected chi connectivity index (χ1v) is 10.4. The molecule has 1 aliphatic heterocycles. The van der Waals surface area contributed by atoms with Crippen LogP contribution >= 0.6 is 22.9 Å². The van der Waals surface area contributed by atoms with Crippen LogP contribution in [0.4, 0.5) is 10.8 Å². The Balaban J connectivity index is 1.70. The molecule has 1 aromatic carbocycles. The van der Waals surface area contributed by atoms with E-state index in [9.17, 15) is 9.59 Å². The fourth-order valence-electron chi connectivity index (χ4n) is 3.29. The van der Waals surface area contributed by atoms with Gasteiger partial charge in [-0.05, 0) is 31.0 Å². The molecule has 0 bridgehead atoms. The predicted octanol–water partition coefficient (Wildman–Crippen LogP) is 4.10. The Morgan fingerprint density at radius 2 is 2.14 bits per heavy atom. The highest BCUT2D eigenvalue weighted by molar-refractivity contribution is 7.15. The van der Waals surface area contributed by atoms with Gasteiger partial charge in [-0.1, -0.05) is 36.8 Å². The van der Waals surface area contributed by atoms with Crippen molar-refractivity contribution >= 4 is 45.6 Å². The highest BCUT2D eigenvalue weighted by atomic mass is 35.5. The SMILES string of the molecule is CCC(CC)c1nnc(NC(=O)C2CC(=O)N(c3cc(Cl)ccc3OC)C2)s1. The van der Waals surface area contributed by atoms with Gasteiger partial charge in [0.1, 0.15) is 10.8 Å². The Hall–Kier alpha value is -2.19. The molecule has 150 valence electrons. The summed E-state index contributed by atoms with van der Waals surface area (Å²) in [4.78, 5) is 26.7. The second kappa shape index (κ2) is 8.87. The third-order valence-corrected chi connectivity index (χ3v) is 6.17. The van der Waals surface area contributed by atoms with E-state index in [1.165, 1.54) is 18.4 Å². The number of hydrogen-bond donors (Lipinski definition) is 1. The summed E-state index contributed by atoms with van der Waals surface area (Å²) in [6, 6.07) is 5.08. The largest absolute Gasteiger partial charge is 0.495 e. The highest BCUT2D eigenvalue weighted by Crippen LogP contribution is 2.35. The van der Waals surface area contributed by atoms with E-state index in [4.69, 9.17) is 16.3 Å². The molecule has 28 heavy (non-hydrogen) atoms. The first kappa shape index (κ1) is 20.5. The molecule has 0 radical (unpaired) electrons. The van der Waals surface area contributed by atoms with Gasteiger partial charge in [-0.2, -0.15) is 0 Å². The number of carbonyl (C=O) groups excluding carboxylic acids is 2. The van der Waals surface area contributed by atoms with Crippen LogP contribution in [0.2, 0.25) is 5.02 Å². The number of rotatable bonds is 7. The molecular formula is C19H23ClN4O3S. The van der Waals surface area contributed by atoms with Crippen LogP contribution in [0, 0.1) is 5.92 Å². The van der Waals surface area contributed by atoms with E-state index in [2.05, 4.69) is 29.4 Å². The Kier molecular flexibility index (Phi) is 6.51.